The summed E-state index contributed by atoms with van der Waals surface area (Å²) >= 11 is 0. The molecule has 1 atom stereocenters. The first kappa shape index (κ1) is 14.3. The Morgan fingerprint density at radius 3 is 3.00 bits per heavy atom. The van der Waals surface area contributed by atoms with E-state index in [2.05, 4.69) is 18.0 Å². The van der Waals surface area contributed by atoms with Gasteiger partial charge in [0.05, 0.1) is 13.2 Å². The van der Waals surface area contributed by atoms with Gasteiger partial charge in [0.2, 0.25) is 0 Å². The van der Waals surface area contributed by atoms with Gasteiger partial charge in [0.1, 0.15) is 5.41 Å². The summed E-state index contributed by atoms with van der Waals surface area (Å²) in [6.07, 6.45) is 9.57. The molecule has 1 aliphatic heterocycles. The van der Waals surface area contributed by atoms with Crippen LogP contribution >= 0.6 is 0 Å². The molecule has 0 aromatic rings. The summed E-state index contributed by atoms with van der Waals surface area (Å²) in [5.41, 5.74) is 1.87. The minimum atomic E-state index is -0.498. The van der Waals surface area contributed by atoms with Crippen LogP contribution in [0.25, 0.3) is 0 Å². The molecule has 2 aliphatic rings. The van der Waals surface area contributed by atoms with Crippen LogP contribution < -0.4 is 0 Å². The highest BCUT2D eigenvalue weighted by Gasteiger charge is 2.49. The van der Waals surface area contributed by atoms with Crippen molar-refractivity contribution in [3.63, 3.8) is 0 Å². The number of carbonyl (C=O) groups excluding carboxylic acids is 1. The van der Waals surface area contributed by atoms with Gasteiger partial charge in [0.25, 0.3) is 0 Å². The fourth-order valence-corrected chi connectivity index (χ4v) is 3.33. The lowest BCUT2D eigenvalue weighted by Crippen LogP contribution is -2.46. The Morgan fingerprint density at radius 1 is 1.42 bits per heavy atom. The summed E-state index contributed by atoms with van der Waals surface area (Å²) in [6.45, 7) is 5.27. The predicted molar refractivity (Wildman–Crippen MR) is 77.4 cm³/mol. The molecule has 0 aromatic carbocycles. The monoisotopic (exact) mass is 263 g/mol. The number of hydrogen-bond donors (Lipinski definition) is 0. The quantitative estimate of drug-likeness (QED) is 0.560. The maximum absolute atomic E-state index is 12.6. The number of unbranched alkanes of at least 4 members (excludes halogenated alkanes) is 1. The molecule has 0 saturated heterocycles. The van der Waals surface area contributed by atoms with Crippen LogP contribution in [0.2, 0.25) is 0 Å². The number of dihydropyridines is 1. The molecule has 0 spiro atoms. The lowest BCUT2D eigenvalue weighted by molar-refractivity contribution is -0.150. The highest BCUT2D eigenvalue weighted by molar-refractivity contribution is 6.10. The van der Waals surface area contributed by atoms with E-state index in [1.54, 1.807) is 0 Å². The SMILES string of the molecule is CCCCC1=CCN=C2CCCCC12C(=O)OCC. The summed E-state index contributed by atoms with van der Waals surface area (Å²) in [5.74, 6) is -0.0597. The maximum atomic E-state index is 12.6. The first-order chi connectivity index (χ1) is 9.25. The summed E-state index contributed by atoms with van der Waals surface area (Å²) in [6, 6.07) is 0. The van der Waals surface area contributed by atoms with Gasteiger partial charge in [0, 0.05) is 5.71 Å². The molecule has 0 radical (unpaired) electrons. The molecule has 1 saturated carbocycles. The summed E-state index contributed by atoms with van der Waals surface area (Å²) in [7, 11) is 0. The number of aliphatic imine (C=N–C) groups is 1. The van der Waals surface area contributed by atoms with Gasteiger partial charge >= 0.3 is 5.97 Å². The second-order valence-corrected chi connectivity index (χ2v) is 5.45. The van der Waals surface area contributed by atoms with Crippen molar-refractivity contribution in [3.8, 4) is 0 Å². The van der Waals surface area contributed by atoms with Crippen molar-refractivity contribution in [2.75, 3.05) is 13.2 Å². The Kier molecular flexibility index (Phi) is 4.78. The van der Waals surface area contributed by atoms with Gasteiger partial charge in [-0.1, -0.05) is 25.8 Å². The zero-order valence-electron chi connectivity index (χ0n) is 12.2. The molecule has 1 fully saturated rings. The molecule has 0 aromatic heterocycles. The van der Waals surface area contributed by atoms with Crippen LogP contribution in [-0.4, -0.2) is 24.8 Å². The third-order valence-electron chi connectivity index (χ3n) is 4.30. The lowest BCUT2D eigenvalue weighted by atomic mass is 9.65. The second kappa shape index (κ2) is 6.36. The van der Waals surface area contributed by atoms with Crippen molar-refractivity contribution in [1.82, 2.24) is 0 Å². The molecular formula is C16H25NO2. The second-order valence-electron chi connectivity index (χ2n) is 5.45. The Hall–Kier alpha value is -1.12. The number of carbonyl (C=O) groups is 1. The van der Waals surface area contributed by atoms with Gasteiger partial charge in [0.15, 0.2) is 0 Å². The zero-order chi connectivity index (χ0) is 13.7. The highest BCUT2D eigenvalue weighted by Crippen LogP contribution is 2.45. The summed E-state index contributed by atoms with van der Waals surface area (Å²) in [4.78, 5) is 17.2. The molecular weight excluding hydrogens is 238 g/mol. The van der Waals surface area contributed by atoms with E-state index in [-0.39, 0.29) is 5.97 Å². The van der Waals surface area contributed by atoms with Crippen LogP contribution in [0.1, 0.15) is 58.8 Å². The van der Waals surface area contributed by atoms with E-state index >= 15 is 0 Å². The molecule has 106 valence electrons. The third-order valence-corrected chi connectivity index (χ3v) is 4.30. The number of ether oxygens (including phenoxy) is 1. The normalized spacial score (nSPS) is 26.2. The summed E-state index contributed by atoms with van der Waals surface area (Å²) in [5, 5.41) is 0. The van der Waals surface area contributed by atoms with Gasteiger partial charge in [-0.05, 0) is 44.6 Å². The Morgan fingerprint density at radius 2 is 2.26 bits per heavy atom. The van der Waals surface area contributed by atoms with Crippen molar-refractivity contribution < 1.29 is 9.53 Å². The van der Waals surface area contributed by atoms with Crippen molar-refractivity contribution in [2.24, 2.45) is 10.4 Å². The lowest BCUT2D eigenvalue weighted by Gasteiger charge is -2.40. The minimum Gasteiger partial charge on any atom is -0.465 e. The van der Waals surface area contributed by atoms with E-state index < -0.39 is 5.41 Å². The zero-order valence-corrected chi connectivity index (χ0v) is 12.2. The number of fused-ring (bicyclic) bond motifs is 1. The van der Waals surface area contributed by atoms with Crippen LogP contribution in [0.4, 0.5) is 0 Å². The summed E-state index contributed by atoms with van der Waals surface area (Å²) < 4.78 is 5.39. The molecule has 19 heavy (non-hydrogen) atoms. The predicted octanol–water partition coefficient (Wildman–Crippen LogP) is 3.68. The van der Waals surface area contributed by atoms with E-state index in [1.165, 1.54) is 5.57 Å². The van der Waals surface area contributed by atoms with Crippen LogP contribution in [0.5, 0.6) is 0 Å². The van der Waals surface area contributed by atoms with Gasteiger partial charge in [-0.15, -0.1) is 0 Å². The van der Waals surface area contributed by atoms with E-state index in [4.69, 9.17) is 4.74 Å². The largest absolute Gasteiger partial charge is 0.465 e. The minimum absolute atomic E-state index is 0.0597. The van der Waals surface area contributed by atoms with Crippen molar-refractivity contribution in [2.45, 2.75) is 58.8 Å². The smallest absolute Gasteiger partial charge is 0.321 e. The maximum Gasteiger partial charge on any atom is 0.321 e. The first-order valence-electron chi connectivity index (χ1n) is 7.66. The van der Waals surface area contributed by atoms with Crippen LogP contribution in [0.3, 0.4) is 0 Å². The van der Waals surface area contributed by atoms with Crippen molar-refractivity contribution in [1.29, 1.82) is 0 Å². The first-order valence-corrected chi connectivity index (χ1v) is 7.66. The Labute approximate surface area is 116 Å². The highest BCUT2D eigenvalue weighted by atomic mass is 16.5. The van der Waals surface area contributed by atoms with E-state index in [9.17, 15) is 4.79 Å². The van der Waals surface area contributed by atoms with E-state index in [1.807, 2.05) is 6.92 Å². The van der Waals surface area contributed by atoms with E-state index in [0.717, 1.165) is 57.2 Å². The standard InChI is InChI=1S/C16H25NO2/c1-3-5-8-13-10-12-17-14-9-6-7-11-16(13,14)15(18)19-4-2/h10H,3-9,11-12H2,1-2H3. The van der Waals surface area contributed by atoms with Crippen LogP contribution in [0.15, 0.2) is 16.6 Å². The van der Waals surface area contributed by atoms with Crippen LogP contribution in [-0.2, 0) is 9.53 Å². The molecule has 1 aliphatic carbocycles. The third kappa shape index (κ3) is 2.60. The molecule has 1 unspecified atom stereocenters. The topological polar surface area (TPSA) is 38.7 Å². The Balaban J connectivity index is 2.31. The van der Waals surface area contributed by atoms with Gasteiger partial charge in [-0.3, -0.25) is 9.79 Å². The molecule has 0 N–H and O–H groups in total. The fourth-order valence-electron chi connectivity index (χ4n) is 3.33. The number of hydrogen-bond acceptors (Lipinski definition) is 3. The average molecular weight is 263 g/mol. The molecule has 3 heteroatoms. The van der Waals surface area contributed by atoms with E-state index in [0.29, 0.717) is 6.61 Å². The molecule has 0 bridgehead atoms. The molecule has 2 rings (SSSR count). The van der Waals surface area contributed by atoms with Gasteiger partial charge in [-0.2, -0.15) is 0 Å². The molecule has 3 nitrogen and oxygen atoms in total. The molecule has 0 amide bonds. The number of esters is 1. The van der Waals surface area contributed by atoms with Gasteiger partial charge in [-0.25, -0.2) is 0 Å². The fraction of sp³-hybridized carbons (Fsp3) is 0.750. The Bertz CT molecular complexity index is 398. The van der Waals surface area contributed by atoms with Crippen LogP contribution in [0, 0.1) is 5.41 Å². The number of nitrogens with zero attached hydrogens (tertiary/aromatic N) is 1. The van der Waals surface area contributed by atoms with Gasteiger partial charge < -0.3 is 4.74 Å². The van der Waals surface area contributed by atoms with Crippen molar-refractivity contribution in [3.05, 3.63) is 11.6 Å². The number of rotatable bonds is 5. The average Bonchev–Trinajstić information content (AvgIpc) is 2.45. The van der Waals surface area contributed by atoms with Crippen molar-refractivity contribution >= 4 is 11.7 Å². The molecule has 1 heterocycles.